The van der Waals surface area contributed by atoms with E-state index in [0.717, 1.165) is 29.4 Å². The van der Waals surface area contributed by atoms with Crippen molar-refractivity contribution in [3.63, 3.8) is 0 Å². The van der Waals surface area contributed by atoms with Crippen LogP contribution in [0.15, 0.2) is 35.5 Å². The molecule has 0 aliphatic rings. The predicted molar refractivity (Wildman–Crippen MR) is 94.8 cm³/mol. The summed E-state index contributed by atoms with van der Waals surface area (Å²) in [6, 6.07) is 10.0. The molecule has 1 aromatic carbocycles. The van der Waals surface area contributed by atoms with Crippen molar-refractivity contribution in [1.82, 2.24) is 14.8 Å². The fourth-order valence-corrected chi connectivity index (χ4v) is 3.23. The van der Waals surface area contributed by atoms with Crippen LogP contribution in [0.4, 0.5) is 0 Å². The molecule has 2 N–H and O–H groups in total. The van der Waals surface area contributed by atoms with Gasteiger partial charge in [0, 0.05) is 5.75 Å². The number of nitrogens with two attached hydrogens (primary N) is 1. The van der Waals surface area contributed by atoms with Crippen molar-refractivity contribution < 1.29 is 9.53 Å². The first-order chi connectivity index (χ1) is 11.7. The molecular weight excluding hydrogens is 324 g/mol. The lowest BCUT2D eigenvalue weighted by molar-refractivity contribution is -0.140. The Morgan fingerprint density at radius 2 is 2.08 bits per heavy atom. The quantitative estimate of drug-likeness (QED) is 0.554. The minimum atomic E-state index is -0.223. The summed E-state index contributed by atoms with van der Waals surface area (Å²) in [4.78, 5) is 11.3. The summed E-state index contributed by atoms with van der Waals surface area (Å²) in [7, 11) is 1.40. The maximum Gasteiger partial charge on any atom is 0.306 e. The van der Waals surface area contributed by atoms with Gasteiger partial charge in [-0.05, 0) is 12.0 Å². The van der Waals surface area contributed by atoms with E-state index in [4.69, 9.17) is 5.73 Å². The molecule has 0 spiro atoms. The number of nitrogens with zero attached hydrogens (tertiary/aromatic N) is 3. The molecule has 1 unspecified atom stereocenters. The van der Waals surface area contributed by atoms with Gasteiger partial charge in [0.05, 0.1) is 26.1 Å². The summed E-state index contributed by atoms with van der Waals surface area (Å²) < 4.78 is 6.73. The van der Waals surface area contributed by atoms with E-state index in [1.54, 1.807) is 0 Å². The molecule has 1 aromatic heterocycles. The third-order valence-corrected chi connectivity index (χ3v) is 4.59. The monoisotopic (exact) mass is 348 g/mol. The molecule has 2 aromatic rings. The second kappa shape index (κ2) is 9.44. The van der Waals surface area contributed by atoms with Crippen LogP contribution in [0.1, 0.15) is 43.6 Å². The van der Waals surface area contributed by atoms with Crippen LogP contribution in [-0.4, -0.2) is 33.6 Å². The average Bonchev–Trinajstić information content (AvgIpc) is 2.98. The highest BCUT2D eigenvalue weighted by molar-refractivity contribution is 7.99. The highest BCUT2D eigenvalue weighted by atomic mass is 32.2. The molecule has 0 saturated heterocycles. The first-order valence-corrected chi connectivity index (χ1v) is 9.06. The Balaban J connectivity index is 2.18. The number of ether oxygens (including phenoxy) is 1. The number of hydrogen-bond acceptors (Lipinski definition) is 6. The second-order valence-corrected chi connectivity index (χ2v) is 6.54. The SMILES string of the molecule is CCCC(N)c1nnc(SCCC(=O)OC)n1Cc1ccccc1. The Kier molecular flexibility index (Phi) is 7.27. The molecule has 0 aliphatic heterocycles. The second-order valence-electron chi connectivity index (χ2n) is 5.48. The third-order valence-electron chi connectivity index (χ3n) is 3.63. The third kappa shape index (κ3) is 5.07. The molecule has 130 valence electrons. The van der Waals surface area contributed by atoms with Gasteiger partial charge in [0.2, 0.25) is 0 Å². The highest BCUT2D eigenvalue weighted by Crippen LogP contribution is 2.23. The van der Waals surface area contributed by atoms with Crippen molar-refractivity contribution in [3.05, 3.63) is 41.7 Å². The Morgan fingerprint density at radius 3 is 2.75 bits per heavy atom. The standard InChI is InChI=1S/C17H24N4O2S/c1-3-7-14(18)16-19-20-17(24-11-10-15(22)23-2)21(16)12-13-8-5-4-6-9-13/h4-6,8-9,14H,3,7,10-12,18H2,1-2H3. The van der Waals surface area contributed by atoms with Crippen molar-refractivity contribution in [2.24, 2.45) is 5.73 Å². The van der Waals surface area contributed by atoms with Crippen molar-refractivity contribution in [3.8, 4) is 0 Å². The van der Waals surface area contributed by atoms with Crippen molar-refractivity contribution in [1.29, 1.82) is 0 Å². The molecule has 0 saturated carbocycles. The van der Waals surface area contributed by atoms with Crippen LogP contribution in [0, 0.1) is 0 Å². The van der Waals surface area contributed by atoms with Gasteiger partial charge in [-0.1, -0.05) is 55.4 Å². The molecule has 24 heavy (non-hydrogen) atoms. The lowest BCUT2D eigenvalue weighted by Gasteiger charge is -2.14. The van der Waals surface area contributed by atoms with E-state index in [9.17, 15) is 4.79 Å². The topological polar surface area (TPSA) is 83.0 Å². The van der Waals surface area contributed by atoms with E-state index in [2.05, 4.69) is 38.6 Å². The Morgan fingerprint density at radius 1 is 1.33 bits per heavy atom. The van der Waals surface area contributed by atoms with Gasteiger partial charge < -0.3 is 15.0 Å². The zero-order valence-corrected chi connectivity index (χ0v) is 15.0. The average molecular weight is 348 g/mol. The predicted octanol–water partition coefficient (Wildman–Crippen LogP) is 2.78. The van der Waals surface area contributed by atoms with Crippen molar-refractivity contribution in [2.75, 3.05) is 12.9 Å². The number of carbonyl (C=O) groups is 1. The fraction of sp³-hybridized carbons (Fsp3) is 0.471. The van der Waals surface area contributed by atoms with E-state index in [0.29, 0.717) is 18.7 Å². The smallest absolute Gasteiger partial charge is 0.306 e. The van der Waals surface area contributed by atoms with E-state index in [-0.39, 0.29) is 12.0 Å². The maximum atomic E-state index is 11.3. The van der Waals surface area contributed by atoms with Gasteiger partial charge >= 0.3 is 5.97 Å². The minimum Gasteiger partial charge on any atom is -0.469 e. The Labute approximate surface area is 146 Å². The van der Waals surface area contributed by atoms with Gasteiger partial charge in [-0.3, -0.25) is 4.79 Å². The summed E-state index contributed by atoms with van der Waals surface area (Å²) in [5.74, 6) is 1.17. The molecule has 0 fully saturated rings. The molecule has 0 bridgehead atoms. The molecule has 0 radical (unpaired) electrons. The molecular formula is C17H24N4O2S. The van der Waals surface area contributed by atoms with Crippen LogP contribution in [-0.2, 0) is 16.1 Å². The summed E-state index contributed by atoms with van der Waals surface area (Å²) in [5.41, 5.74) is 7.43. The molecule has 6 nitrogen and oxygen atoms in total. The summed E-state index contributed by atoms with van der Waals surface area (Å²) in [6.07, 6.45) is 2.19. The summed E-state index contributed by atoms with van der Waals surface area (Å²) >= 11 is 1.50. The number of aromatic nitrogens is 3. The summed E-state index contributed by atoms with van der Waals surface area (Å²) in [5, 5.41) is 9.36. The first-order valence-electron chi connectivity index (χ1n) is 8.08. The zero-order valence-electron chi connectivity index (χ0n) is 14.1. The highest BCUT2D eigenvalue weighted by Gasteiger charge is 2.18. The molecule has 2 rings (SSSR count). The van der Waals surface area contributed by atoms with Crippen LogP contribution in [0.5, 0.6) is 0 Å². The van der Waals surface area contributed by atoms with Crippen LogP contribution in [0.2, 0.25) is 0 Å². The summed E-state index contributed by atoms with van der Waals surface area (Å²) in [6.45, 7) is 2.77. The number of carbonyl (C=O) groups excluding carboxylic acids is 1. The van der Waals surface area contributed by atoms with Crippen LogP contribution < -0.4 is 5.73 Å². The van der Waals surface area contributed by atoms with Crippen LogP contribution in [0.3, 0.4) is 0 Å². The van der Waals surface area contributed by atoms with Gasteiger partial charge in [0.25, 0.3) is 0 Å². The minimum absolute atomic E-state index is 0.138. The lowest BCUT2D eigenvalue weighted by Crippen LogP contribution is -2.17. The normalized spacial score (nSPS) is 12.1. The fourth-order valence-electron chi connectivity index (χ4n) is 2.36. The van der Waals surface area contributed by atoms with E-state index in [1.807, 2.05) is 18.2 Å². The molecule has 0 aliphatic carbocycles. The van der Waals surface area contributed by atoms with Gasteiger partial charge in [-0.2, -0.15) is 0 Å². The van der Waals surface area contributed by atoms with Crippen molar-refractivity contribution >= 4 is 17.7 Å². The number of esters is 1. The molecule has 1 heterocycles. The van der Waals surface area contributed by atoms with Gasteiger partial charge in [-0.15, -0.1) is 10.2 Å². The number of thioether (sulfide) groups is 1. The molecule has 7 heteroatoms. The number of rotatable bonds is 9. The number of hydrogen-bond donors (Lipinski definition) is 1. The molecule has 0 amide bonds. The van der Waals surface area contributed by atoms with Crippen molar-refractivity contribution in [2.45, 2.75) is 43.9 Å². The largest absolute Gasteiger partial charge is 0.469 e. The van der Waals surface area contributed by atoms with E-state index in [1.165, 1.54) is 18.9 Å². The lowest BCUT2D eigenvalue weighted by atomic mass is 10.1. The maximum absolute atomic E-state index is 11.3. The number of methoxy groups -OCH3 is 1. The van der Waals surface area contributed by atoms with E-state index >= 15 is 0 Å². The van der Waals surface area contributed by atoms with Gasteiger partial charge in [0.1, 0.15) is 0 Å². The first kappa shape index (κ1) is 18.5. The Bertz CT molecular complexity index is 645. The zero-order chi connectivity index (χ0) is 17.4. The number of benzene rings is 1. The van der Waals surface area contributed by atoms with E-state index < -0.39 is 0 Å². The molecule has 1 atom stereocenters. The van der Waals surface area contributed by atoms with Crippen LogP contribution >= 0.6 is 11.8 Å². The van der Waals surface area contributed by atoms with Crippen LogP contribution in [0.25, 0.3) is 0 Å². The Hall–Kier alpha value is -1.86. The van der Waals surface area contributed by atoms with Gasteiger partial charge in [-0.25, -0.2) is 0 Å². The van der Waals surface area contributed by atoms with Gasteiger partial charge in [0.15, 0.2) is 11.0 Å².